The van der Waals surface area contributed by atoms with E-state index in [1.54, 1.807) is 31.2 Å². The van der Waals surface area contributed by atoms with Crippen molar-refractivity contribution in [2.75, 3.05) is 32.1 Å². The molecule has 32 heavy (non-hydrogen) atoms. The highest BCUT2D eigenvalue weighted by Crippen LogP contribution is 2.23. The highest BCUT2D eigenvalue weighted by atomic mass is 16.5. The lowest BCUT2D eigenvalue weighted by Gasteiger charge is -2.21. The van der Waals surface area contributed by atoms with Crippen molar-refractivity contribution < 1.29 is 19.1 Å². The van der Waals surface area contributed by atoms with Gasteiger partial charge in [0.05, 0.1) is 32.3 Å². The third-order valence-corrected chi connectivity index (χ3v) is 5.12. The molecule has 0 aliphatic rings. The average molecular weight is 434 g/mol. The molecule has 3 rings (SSSR count). The number of rotatable bonds is 9. The predicted molar refractivity (Wildman–Crippen MR) is 125 cm³/mol. The molecule has 0 aliphatic heterocycles. The van der Waals surface area contributed by atoms with Crippen LogP contribution in [0.5, 0.6) is 5.75 Å². The molecule has 0 fully saturated rings. The first-order valence-corrected chi connectivity index (χ1v) is 10.5. The maximum Gasteiger partial charge on any atom is 0.244 e. The number of likely N-dealkylation sites (N-methyl/N-ethyl adjacent to an activating group) is 1. The van der Waals surface area contributed by atoms with E-state index in [-0.39, 0.29) is 37.2 Å². The number of hydrogen-bond donors (Lipinski definition) is 2. The first kappa shape index (κ1) is 22.8. The van der Waals surface area contributed by atoms with E-state index in [9.17, 15) is 14.4 Å². The highest BCUT2D eigenvalue weighted by molar-refractivity contribution is 5.96. The molecule has 0 heterocycles. The Bertz CT molecular complexity index is 1110. The summed E-state index contributed by atoms with van der Waals surface area (Å²) in [5.41, 5.74) is 1.43. The van der Waals surface area contributed by atoms with Crippen molar-refractivity contribution >= 4 is 34.2 Å². The Morgan fingerprint density at radius 3 is 2.41 bits per heavy atom. The second-order valence-corrected chi connectivity index (χ2v) is 7.25. The van der Waals surface area contributed by atoms with Crippen LogP contribution in [0.15, 0.2) is 66.7 Å². The summed E-state index contributed by atoms with van der Waals surface area (Å²) in [6, 6.07) is 20.7. The summed E-state index contributed by atoms with van der Waals surface area (Å²) in [7, 11) is 1.52. The van der Waals surface area contributed by atoms with E-state index in [0.29, 0.717) is 18.0 Å². The third kappa shape index (κ3) is 5.85. The predicted octanol–water partition coefficient (Wildman–Crippen LogP) is 2.99. The molecule has 0 saturated heterocycles. The van der Waals surface area contributed by atoms with Gasteiger partial charge in [0, 0.05) is 6.54 Å². The fourth-order valence-corrected chi connectivity index (χ4v) is 3.46. The standard InChI is InChI=1S/C25H27N3O4/c1-3-28(17-24(30)27-21-13-6-7-14-22(21)32-2)25(31)16-26-23(29)15-19-11-8-10-18-9-4-5-12-20(18)19/h4-14H,3,15-17H2,1-2H3,(H,26,29)(H,27,30). The lowest BCUT2D eigenvalue weighted by atomic mass is 10.0. The summed E-state index contributed by atoms with van der Waals surface area (Å²) >= 11 is 0. The van der Waals surface area contributed by atoms with Gasteiger partial charge in [-0.3, -0.25) is 14.4 Å². The topological polar surface area (TPSA) is 87.7 Å². The van der Waals surface area contributed by atoms with E-state index in [0.717, 1.165) is 16.3 Å². The van der Waals surface area contributed by atoms with E-state index in [2.05, 4.69) is 10.6 Å². The fraction of sp³-hybridized carbons (Fsp3) is 0.240. The molecule has 2 N–H and O–H groups in total. The number of carbonyl (C=O) groups excluding carboxylic acids is 3. The minimum Gasteiger partial charge on any atom is -0.495 e. The van der Waals surface area contributed by atoms with Crippen molar-refractivity contribution in [2.24, 2.45) is 0 Å². The molecular weight excluding hydrogens is 406 g/mol. The number of para-hydroxylation sites is 2. The molecule has 0 spiro atoms. The molecule has 0 saturated carbocycles. The van der Waals surface area contributed by atoms with Crippen molar-refractivity contribution in [3.05, 3.63) is 72.3 Å². The zero-order valence-electron chi connectivity index (χ0n) is 18.3. The van der Waals surface area contributed by atoms with Gasteiger partial charge in [-0.1, -0.05) is 54.6 Å². The average Bonchev–Trinajstić information content (AvgIpc) is 2.81. The monoisotopic (exact) mass is 433 g/mol. The quantitative estimate of drug-likeness (QED) is 0.543. The second-order valence-electron chi connectivity index (χ2n) is 7.25. The van der Waals surface area contributed by atoms with E-state index in [1.807, 2.05) is 42.5 Å². The number of amides is 3. The number of anilines is 1. The second kappa shape index (κ2) is 10.9. The zero-order chi connectivity index (χ0) is 22.9. The van der Waals surface area contributed by atoms with E-state index >= 15 is 0 Å². The Balaban J connectivity index is 1.53. The Morgan fingerprint density at radius 1 is 0.906 bits per heavy atom. The molecule has 0 bridgehead atoms. The van der Waals surface area contributed by atoms with Crippen LogP contribution in [0.2, 0.25) is 0 Å². The zero-order valence-corrected chi connectivity index (χ0v) is 18.3. The molecule has 0 atom stereocenters. The van der Waals surface area contributed by atoms with Crippen LogP contribution in [-0.2, 0) is 20.8 Å². The summed E-state index contributed by atoms with van der Waals surface area (Å²) in [6.07, 6.45) is 0.176. The van der Waals surface area contributed by atoms with Gasteiger partial charge < -0.3 is 20.3 Å². The molecular formula is C25H27N3O4. The molecule has 0 radical (unpaired) electrons. The molecule has 3 aromatic carbocycles. The van der Waals surface area contributed by atoms with Crippen LogP contribution < -0.4 is 15.4 Å². The van der Waals surface area contributed by atoms with Crippen molar-refractivity contribution in [3.63, 3.8) is 0 Å². The van der Waals surface area contributed by atoms with Gasteiger partial charge in [-0.2, -0.15) is 0 Å². The van der Waals surface area contributed by atoms with Crippen LogP contribution in [0.4, 0.5) is 5.69 Å². The first-order valence-electron chi connectivity index (χ1n) is 10.5. The van der Waals surface area contributed by atoms with Crippen LogP contribution in [-0.4, -0.2) is 49.4 Å². The van der Waals surface area contributed by atoms with Crippen LogP contribution >= 0.6 is 0 Å². The van der Waals surface area contributed by atoms with E-state index in [1.165, 1.54) is 12.0 Å². The molecule has 7 heteroatoms. The van der Waals surface area contributed by atoms with Gasteiger partial charge in [0.2, 0.25) is 17.7 Å². The van der Waals surface area contributed by atoms with Gasteiger partial charge in [-0.15, -0.1) is 0 Å². The van der Waals surface area contributed by atoms with E-state index < -0.39 is 0 Å². The number of methoxy groups -OCH3 is 1. The Hall–Kier alpha value is -3.87. The van der Waals surface area contributed by atoms with Crippen molar-refractivity contribution in [3.8, 4) is 5.75 Å². The molecule has 0 aliphatic carbocycles. The minimum absolute atomic E-state index is 0.118. The molecule has 0 unspecified atom stereocenters. The summed E-state index contributed by atoms with van der Waals surface area (Å²) in [5, 5.41) is 7.50. The maximum atomic E-state index is 12.6. The van der Waals surface area contributed by atoms with Crippen molar-refractivity contribution in [1.29, 1.82) is 0 Å². The normalized spacial score (nSPS) is 10.4. The van der Waals surface area contributed by atoms with Crippen LogP contribution in [0.3, 0.4) is 0 Å². The summed E-state index contributed by atoms with van der Waals surface area (Å²) in [5.74, 6) is -0.374. The highest BCUT2D eigenvalue weighted by Gasteiger charge is 2.17. The number of benzene rings is 3. The number of hydrogen-bond acceptors (Lipinski definition) is 4. The van der Waals surface area contributed by atoms with Crippen LogP contribution in [0, 0.1) is 0 Å². The molecule has 0 aromatic heterocycles. The maximum absolute atomic E-state index is 12.6. The molecule has 3 amide bonds. The summed E-state index contributed by atoms with van der Waals surface area (Å²) in [4.78, 5) is 38.8. The summed E-state index contributed by atoms with van der Waals surface area (Å²) in [6.45, 7) is 1.84. The van der Waals surface area contributed by atoms with Crippen LogP contribution in [0.25, 0.3) is 10.8 Å². The Labute approximate surface area is 187 Å². The summed E-state index contributed by atoms with van der Waals surface area (Å²) < 4.78 is 5.22. The van der Waals surface area contributed by atoms with Gasteiger partial charge in [0.15, 0.2) is 0 Å². The van der Waals surface area contributed by atoms with Gasteiger partial charge in [0.25, 0.3) is 0 Å². The molecule has 166 valence electrons. The van der Waals surface area contributed by atoms with Crippen molar-refractivity contribution in [1.82, 2.24) is 10.2 Å². The first-order chi connectivity index (χ1) is 15.5. The minimum atomic E-state index is -0.341. The third-order valence-electron chi connectivity index (χ3n) is 5.12. The van der Waals surface area contributed by atoms with Crippen molar-refractivity contribution in [2.45, 2.75) is 13.3 Å². The van der Waals surface area contributed by atoms with Gasteiger partial charge in [0.1, 0.15) is 5.75 Å². The van der Waals surface area contributed by atoms with Gasteiger partial charge in [-0.25, -0.2) is 0 Å². The lowest BCUT2D eigenvalue weighted by molar-refractivity contribution is -0.135. The smallest absolute Gasteiger partial charge is 0.244 e. The van der Waals surface area contributed by atoms with Gasteiger partial charge >= 0.3 is 0 Å². The Kier molecular flexibility index (Phi) is 7.80. The van der Waals surface area contributed by atoms with Gasteiger partial charge in [-0.05, 0) is 35.4 Å². The SMILES string of the molecule is CCN(CC(=O)Nc1ccccc1OC)C(=O)CNC(=O)Cc1cccc2ccccc12. The number of nitrogens with zero attached hydrogens (tertiary/aromatic N) is 1. The van der Waals surface area contributed by atoms with E-state index in [4.69, 9.17) is 4.74 Å². The Morgan fingerprint density at radius 2 is 1.62 bits per heavy atom. The molecule has 7 nitrogen and oxygen atoms in total. The largest absolute Gasteiger partial charge is 0.495 e. The van der Waals surface area contributed by atoms with Crippen LogP contribution in [0.1, 0.15) is 12.5 Å². The number of fused-ring (bicyclic) bond motifs is 1. The number of nitrogens with one attached hydrogen (secondary N) is 2. The number of carbonyl (C=O) groups is 3. The lowest BCUT2D eigenvalue weighted by Crippen LogP contribution is -2.43. The fourth-order valence-electron chi connectivity index (χ4n) is 3.46. The molecule has 3 aromatic rings. The number of ether oxygens (including phenoxy) is 1.